The zero-order valence-electron chi connectivity index (χ0n) is 9.86. The molecule has 0 N–H and O–H groups in total. The van der Waals surface area contributed by atoms with Gasteiger partial charge in [-0.1, -0.05) is 19.8 Å². The van der Waals surface area contributed by atoms with E-state index in [0.717, 1.165) is 15.3 Å². The van der Waals surface area contributed by atoms with Crippen molar-refractivity contribution < 1.29 is 0 Å². The molecule has 2 unspecified atom stereocenters. The van der Waals surface area contributed by atoms with Gasteiger partial charge in [-0.25, -0.2) is 9.97 Å². The summed E-state index contributed by atoms with van der Waals surface area (Å²) in [4.78, 5) is 10.8. The van der Waals surface area contributed by atoms with Crippen molar-refractivity contribution in [2.45, 2.75) is 38.6 Å². The first-order chi connectivity index (χ1) is 7.68. The van der Waals surface area contributed by atoms with Crippen LogP contribution in [0.5, 0.6) is 0 Å². The topological polar surface area (TPSA) is 29.0 Å². The standard InChI is InChI=1S/C12H18IN3/c1-9-4-3-5-10(6-9)16(2)12-11(13)7-14-8-15-12/h7-10H,3-6H2,1-2H3. The highest BCUT2D eigenvalue weighted by Gasteiger charge is 2.24. The summed E-state index contributed by atoms with van der Waals surface area (Å²) in [6, 6.07) is 0.646. The Morgan fingerprint density at radius 1 is 1.44 bits per heavy atom. The molecule has 0 radical (unpaired) electrons. The Morgan fingerprint density at radius 3 is 2.94 bits per heavy atom. The Morgan fingerprint density at radius 2 is 2.25 bits per heavy atom. The lowest BCUT2D eigenvalue weighted by Crippen LogP contribution is -2.36. The molecule has 1 aliphatic rings. The second-order valence-corrected chi connectivity index (χ2v) is 5.89. The fourth-order valence-electron chi connectivity index (χ4n) is 2.49. The maximum atomic E-state index is 4.39. The molecule has 1 saturated carbocycles. The number of nitrogens with zero attached hydrogens (tertiary/aromatic N) is 3. The molecule has 0 aliphatic heterocycles. The van der Waals surface area contributed by atoms with Gasteiger partial charge in [0.25, 0.3) is 0 Å². The number of hydrogen-bond donors (Lipinski definition) is 0. The van der Waals surface area contributed by atoms with Crippen LogP contribution >= 0.6 is 22.6 Å². The molecule has 0 aromatic carbocycles. The molecule has 2 atom stereocenters. The first-order valence-corrected chi connectivity index (χ1v) is 6.94. The minimum Gasteiger partial charge on any atom is -0.356 e. The Bertz CT molecular complexity index is 356. The minimum absolute atomic E-state index is 0.646. The monoisotopic (exact) mass is 331 g/mol. The molecule has 1 aliphatic carbocycles. The van der Waals surface area contributed by atoms with E-state index in [1.165, 1.54) is 25.7 Å². The van der Waals surface area contributed by atoms with Gasteiger partial charge in [-0.05, 0) is 41.4 Å². The normalized spacial score (nSPS) is 25.4. The summed E-state index contributed by atoms with van der Waals surface area (Å²) in [5.41, 5.74) is 0. The lowest BCUT2D eigenvalue weighted by molar-refractivity contribution is 0.335. The third kappa shape index (κ3) is 2.64. The molecule has 1 aromatic rings. The molecule has 0 spiro atoms. The van der Waals surface area contributed by atoms with Crippen LogP contribution in [0.1, 0.15) is 32.6 Å². The highest BCUT2D eigenvalue weighted by Crippen LogP contribution is 2.30. The molecule has 2 rings (SSSR count). The van der Waals surface area contributed by atoms with Crippen molar-refractivity contribution in [1.29, 1.82) is 0 Å². The van der Waals surface area contributed by atoms with E-state index in [-0.39, 0.29) is 0 Å². The van der Waals surface area contributed by atoms with Crippen LogP contribution in [0.3, 0.4) is 0 Å². The predicted octanol–water partition coefficient (Wildman–Crippen LogP) is 3.10. The van der Waals surface area contributed by atoms with E-state index in [0.29, 0.717) is 6.04 Å². The van der Waals surface area contributed by atoms with Crippen LogP contribution in [0.4, 0.5) is 5.82 Å². The smallest absolute Gasteiger partial charge is 0.145 e. The molecular weight excluding hydrogens is 313 g/mol. The van der Waals surface area contributed by atoms with Gasteiger partial charge in [0.15, 0.2) is 0 Å². The van der Waals surface area contributed by atoms with E-state index in [1.54, 1.807) is 6.33 Å². The van der Waals surface area contributed by atoms with E-state index in [2.05, 4.69) is 51.4 Å². The van der Waals surface area contributed by atoms with E-state index in [9.17, 15) is 0 Å². The number of hydrogen-bond acceptors (Lipinski definition) is 3. The molecule has 0 bridgehead atoms. The van der Waals surface area contributed by atoms with Crippen molar-refractivity contribution in [3.8, 4) is 0 Å². The quantitative estimate of drug-likeness (QED) is 0.780. The predicted molar refractivity (Wildman–Crippen MR) is 74.6 cm³/mol. The van der Waals surface area contributed by atoms with Crippen molar-refractivity contribution >= 4 is 28.4 Å². The van der Waals surface area contributed by atoms with Crippen LogP contribution in [0.2, 0.25) is 0 Å². The van der Waals surface area contributed by atoms with Crippen LogP contribution in [0, 0.1) is 9.49 Å². The number of aromatic nitrogens is 2. The molecule has 3 nitrogen and oxygen atoms in total. The van der Waals surface area contributed by atoms with Gasteiger partial charge in [0, 0.05) is 19.3 Å². The van der Waals surface area contributed by atoms with Crippen molar-refractivity contribution in [3.05, 3.63) is 16.1 Å². The van der Waals surface area contributed by atoms with Gasteiger partial charge in [0.05, 0.1) is 3.57 Å². The molecule has 88 valence electrons. The van der Waals surface area contributed by atoms with Crippen LogP contribution in [0.15, 0.2) is 12.5 Å². The maximum absolute atomic E-state index is 4.39. The summed E-state index contributed by atoms with van der Waals surface area (Å²) >= 11 is 2.31. The number of rotatable bonds is 2. The van der Waals surface area contributed by atoms with Crippen molar-refractivity contribution in [3.63, 3.8) is 0 Å². The van der Waals surface area contributed by atoms with E-state index in [1.807, 2.05) is 6.20 Å². The Labute approximate surface area is 111 Å². The number of halogens is 1. The summed E-state index contributed by atoms with van der Waals surface area (Å²) in [5.74, 6) is 1.93. The highest BCUT2D eigenvalue weighted by molar-refractivity contribution is 14.1. The molecule has 0 saturated heterocycles. The van der Waals surface area contributed by atoms with Gasteiger partial charge in [0.1, 0.15) is 12.1 Å². The van der Waals surface area contributed by atoms with Gasteiger partial charge in [-0.3, -0.25) is 0 Å². The van der Waals surface area contributed by atoms with Crippen LogP contribution in [-0.4, -0.2) is 23.1 Å². The van der Waals surface area contributed by atoms with E-state index < -0.39 is 0 Å². The van der Waals surface area contributed by atoms with E-state index >= 15 is 0 Å². The van der Waals surface area contributed by atoms with Gasteiger partial charge < -0.3 is 4.90 Å². The molecule has 1 heterocycles. The molecule has 0 amide bonds. The lowest BCUT2D eigenvalue weighted by Gasteiger charge is -2.35. The Kier molecular flexibility index (Phi) is 4.00. The minimum atomic E-state index is 0.646. The molecular formula is C12H18IN3. The van der Waals surface area contributed by atoms with Gasteiger partial charge in [0.2, 0.25) is 0 Å². The van der Waals surface area contributed by atoms with Crippen molar-refractivity contribution in [1.82, 2.24) is 9.97 Å². The van der Waals surface area contributed by atoms with Crippen LogP contribution in [-0.2, 0) is 0 Å². The van der Waals surface area contributed by atoms with Crippen LogP contribution < -0.4 is 4.90 Å². The molecule has 1 fully saturated rings. The average molecular weight is 331 g/mol. The maximum Gasteiger partial charge on any atom is 0.145 e. The first kappa shape index (κ1) is 12.1. The van der Waals surface area contributed by atoms with Crippen LogP contribution in [0.25, 0.3) is 0 Å². The van der Waals surface area contributed by atoms with E-state index in [4.69, 9.17) is 0 Å². The van der Waals surface area contributed by atoms with Gasteiger partial charge in [-0.2, -0.15) is 0 Å². The molecule has 16 heavy (non-hydrogen) atoms. The zero-order valence-corrected chi connectivity index (χ0v) is 12.0. The summed E-state index contributed by atoms with van der Waals surface area (Å²) in [6.45, 7) is 2.35. The van der Waals surface area contributed by atoms with Gasteiger partial charge in [-0.15, -0.1) is 0 Å². The summed E-state index contributed by atoms with van der Waals surface area (Å²) < 4.78 is 1.14. The third-order valence-electron chi connectivity index (χ3n) is 3.44. The second kappa shape index (κ2) is 5.29. The Hall–Kier alpha value is -0.390. The second-order valence-electron chi connectivity index (χ2n) is 4.73. The molecule has 4 heteroatoms. The summed E-state index contributed by atoms with van der Waals surface area (Å²) in [7, 11) is 2.16. The summed E-state index contributed by atoms with van der Waals surface area (Å²) in [6.07, 6.45) is 8.83. The van der Waals surface area contributed by atoms with Crippen molar-refractivity contribution in [2.75, 3.05) is 11.9 Å². The highest BCUT2D eigenvalue weighted by atomic mass is 127. The average Bonchev–Trinajstić information content (AvgIpc) is 2.29. The lowest BCUT2D eigenvalue weighted by atomic mass is 9.86. The summed E-state index contributed by atoms with van der Waals surface area (Å²) in [5, 5.41) is 0. The SMILES string of the molecule is CC1CCCC(N(C)c2ncncc2I)C1. The zero-order chi connectivity index (χ0) is 11.5. The van der Waals surface area contributed by atoms with Gasteiger partial charge >= 0.3 is 0 Å². The largest absolute Gasteiger partial charge is 0.356 e. The van der Waals surface area contributed by atoms with Crippen molar-refractivity contribution in [2.24, 2.45) is 5.92 Å². The molecule has 1 aromatic heterocycles. The Balaban J connectivity index is 2.12. The third-order valence-corrected chi connectivity index (χ3v) is 4.20. The fourth-order valence-corrected chi connectivity index (χ4v) is 3.17. The number of anilines is 1. The fraction of sp³-hybridized carbons (Fsp3) is 0.667. The first-order valence-electron chi connectivity index (χ1n) is 5.87.